The van der Waals surface area contributed by atoms with Crippen molar-refractivity contribution in [2.75, 3.05) is 0 Å². The smallest absolute Gasteiger partial charge is 0.410 e. The van der Waals surface area contributed by atoms with Crippen molar-refractivity contribution in [1.82, 2.24) is 15.1 Å². The maximum atomic E-state index is 12.2. The number of rotatable bonds is 1. The number of hydrogen-bond donors (Lipinski definition) is 2. The molecular formula is C13H19N3O4. The molecule has 0 spiro atoms. The van der Waals surface area contributed by atoms with E-state index in [1.54, 1.807) is 20.8 Å². The topological polar surface area (TPSA) is 95.5 Å². The molecule has 0 aliphatic carbocycles. The number of ether oxygens (including phenoxy) is 1. The largest absolute Gasteiger partial charge is 0.476 e. The molecule has 1 aliphatic rings. The normalized spacial score (nSPS) is 18.6. The number of fused-ring (bicyclic) bond motifs is 1. The average molecular weight is 281 g/mol. The summed E-state index contributed by atoms with van der Waals surface area (Å²) in [6, 6.07) is -0.0700. The van der Waals surface area contributed by atoms with E-state index in [0.29, 0.717) is 12.0 Å². The molecule has 1 amide bonds. The number of amides is 1. The molecule has 1 aromatic rings. The van der Waals surface area contributed by atoms with Gasteiger partial charge in [-0.05, 0) is 27.7 Å². The summed E-state index contributed by atoms with van der Waals surface area (Å²) >= 11 is 0. The first-order valence-corrected chi connectivity index (χ1v) is 6.48. The molecule has 1 atom stereocenters. The molecule has 0 fully saturated rings. The monoisotopic (exact) mass is 281 g/mol. The zero-order valence-corrected chi connectivity index (χ0v) is 12.1. The lowest BCUT2D eigenvalue weighted by Crippen LogP contribution is -2.45. The zero-order chi connectivity index (χ0) is 15.1. The SMILES string of the molecule is CC1Cc2[nH]nc(C(=O)O)c2CN1C(=O)OC(C)(C)C. The van der Waals surface area contributed by atoms with E-state index in [0.717, 1.165) is 5.69 Å². The molecule has 2 heterocycles. The molecule has 1 unspecified atom stereocenters. The van der Waals surface area contributed by atoms with Crippen LogP contribution in [-0.4, -0.2) is 43.9 Å². The van der Waals surface area contributed by atoms with E-state index in [1.165, 1.54) is 4.90 Å². The minimum Gasteiger partial charge on any atom is -0.476 e. The van der Waals surface area contributed by atoms with Gasteiger partial charge < -0.3 is 14.7 Å². The fourth-order valence-corrected chi connectivity index (χ4v) is 2.21. The minimum atomic E-state index is -1.10. The molecule has 0 radical (unpaired) electrons. The van der Waals surface area contributed by atoms with Gasteiger partial charge in [0.15, 0.2) is 5.69 Å². The molecule has 2 rings (SSSR count). The van der Waals surface area contributed by atoms with E-state index in [-0.39, 0.29) is 18.3 Å². The molecular weight excluding hydrogens is 262 g/mol. The van der Waals surface area contributed by atoms with E-state index < -0.39 is 17.7 Å². The summed E-state index contributed by atoms with van der Waals surface area (Å²) in [5.74, 6) is -1.10. The van der Waals surface area contributed by atoms with Crippen LogP contribution in [0.25, 0.3) is 0 Å². The first-order valence-electron chi connectivity index (χ1n) is 6.48. The molecule has 7 heteroatoms. The first kappa shape index (κ1) is 14.4. The van der Waals surface area contributed by atoms with Crippen molar-refractivity contribution in [3.63, 3.8) is 0 Å². The van der Waals surface area contributed by atoms with Crippen molar-refractivity contribution in [1.29, 1.82) is 0 Å². The Kier molecular flexibility index (Phi) is 3.45. The predicted octanol–water partition coefficient (Wildman–Crippen LogP) is 1.79. The molecule has 2 N–H and O–H groups in total. The van der Waals surface area contributed by atoms with Gasteiger partial charge in [-0.15, -0.1) is 0 Å². The number of nitrogens with one attached hydrogen (secondary N) is 1. The van der Waals surface area contributed by atoms with Gasteiger partial charge in [0.2, 0.25) is 0 Å². The molecule has 1 aliphatic heterocycles. The van der Waals surface area contributed by atoms with Gasteiger partial charge in [-0.2, -0.15) is 5.10 Å². The lowest BCUT2D eigenvalue weighted by atomic mass is 10.00. The Labute approximate surface area is 116 Å². The van der Waals surface area contributed by atoms with Gasteiger partial charge in [0.05, 0.1) is 6.54 Å². The third-order valence-corrected chi connectivity index (χ3v) is 3.14. The Balaban J connectivity index is 2.24. The molecule has 7 nitrogen and oxygen atoms in total. The van der Waals surface area contributed by atoms with Crippen molar-refractivity contribution < 1.29 is 19.4 Å². The van der Waals surface area contributed by atoms with Crippen LogP contribution >= 0.6 is 0 Å². The number of carboxylic acids is 1. The minimum absolute atomic E-state index is 0.0274. The number of aromatic carboxylic acids is 1. The number of aromatic amines is 1. The van der Waals surface area contributed by atoms with Gasteiger partial charge >= 0.3 is 12.1 Å². The standard InChI is InChI=1S/C13H19N3O4/c1-7-5-9-8(10(11(17)18)15-14-9)6-16(7)12(19)20-13(2,3)4/h7H,5-6H2,1-4H3,(H,14,15)(H,17,18). The van der Waals surface area contributed by atoms with Gasteiger partial charge in [0.25, 0.3) is 0 Å². The predicted molar refractivity (Wildman–Crippen MR) is 70.5 cm³/mol. The van der Waals surface area contributed by atoms with Crippen molar-refractivity contribution in [3.8, 4) is 0 Å². The quantitative estimate of drug-likeness (QED) is 0.818. The maximum Gasteiger partial charge on any atom is 0.410 e. The van der Waals surface area contributed by atoms with Crippen molar-refractivity contribution in [2.45, 2.75) is 52.3 Å². The number of hydrogen-bond acceptors (Lipinski definition) is 4. The second-order valence-electron chi connectivity index (χ2n) is 6.00. The number of carbonyl (C=O) groups excluding carboxylic acids is 1. The van der Waals surface area contributed by atoms with Crippen molar-refractivity contribution in [3.05, 3.63) is 17.0 Å². The number of carboxylic acid groups (broad SMARTS) is 1. The maximum absolute atomic E-state index is 12.2. The third kappa shape index (κ3) is 2.76. The Hall–Kier alpha value is -2.05. The highest BCUT2D eigenvalue weighted by atomic mass is 16.6. The summed E-state index contributed by atoms with van der Waals surface area (Å²) in [6.45, 7) is 7.49. The van der Waals surface area contributed by atoms with Crippen LogP contribution in [0.4, 0.5) is 4.79 Å². The molecule has 0 saturated heterocycles. The second kappa shape index (κ2) is 4.81. The van der Waals surface area contributed by atoms with Crippen molar-refractivity contribution >= 4 is 12.1 Å². The molecule has 0 saturated carbocycles. The van der Waals surface area contributed by atoms with Crippen LogP contribution in [0.3, 0.4) is 0 Å². The fourth-order valence-electron chi connectivity index (χ4n) is 2.21. The van der Waals surface area contributed by atoms with E-state index in [2.05, 4.69) is 10.2 Å². The summed E-state index contributed by atoms with van der Waals surface area (Å²) in [5, 5.41) is 15.6. The molecule has 0 aromatic carbocycles. The number of H-pyrrole nitrogens is 1. The Morgan fingerprint density at radius 2 is 2.10 bits per heavy atom. The second-order valence-corrected chi connectivity index (χ2v) is 6.00. The van der Waals surface area contributed by atoms with Gasteiger partial charge in [-0.3, -0.25) is 5.10 Å². The number of nitrogens with zero attached hydrogens (tertiary/aromatic N) is 2. The Bertz CT molecular complexity index is 544. The van der Waals surface area contributed by atoms with Gasteiger partial charge in [-0.25, -0.2) is 9.59 Å². The molecule has 1 aromatic heterocycles. The van der Waals surface area contributed by atoms with Crippen LogP contribution in [0.15, 0.2) is 0 Å². The highest BCUT2D eigenvalue weighted by molar-refractivity contribution is 5.87. The summed E-state index contributed by atoms with van der Waals surface area (Å²) in [5.41, 5.74) is 0.722. The summed E-state index contributed by atoms with van der Waals surface area (Å²) in [6.07, 6.45) is 0.0997. The van der Waals surface area contributed by atoms with Crippen molar-refractivity contribution in [2.24, 2.45) is 0 Å². The van der Waals surface area contributed by atoms with E-state index >= 15 is 0 Å². The molecule has 0 bridgehead atoms. The number of carbonyl (C=O) groups is 2. The van der Waals surface area contributed by atoms with Crippen LogP contribution in [0.2, 0.25) is 0 Å². The first-order chi connectivity index (χ1) is 9.19. The van der Waals surface area contributed by atoms with Crippen LogP contribution < -0.4 is 0 Å². The lowest BCUT2D eigenvalue weighted by Gasteiger charge is -2.34. The fraction of sp³-hybridized carbons (Fsp3) is 0.615. The third-order valence-electron chi connectivity index (χ3n) is 3.14. The zero-order valence-electron chi connectivity index (χ0n) is 12.1. The van der Waals surface area contributed by atoms with Crippen LogP contribution in [0.5, 0.6) is 0 Å². The highest BCUT2D eigenvalue weighted by Crippen LogP contribution is 2.26. The number of aromatic nitrogens is 2. The lowest BCUT2D eigenvalue weighted by molar-refractivity contribution is 0.0135. The summed E-state index contributed by atoms with van der Waals surface area (Å²) in [7, 11) is 0. The summed E-state index contributed by atoms with van der Waals surface area (Å²) in [4.78, 5) is 24.8. The van der Waals surface area contributed by atoms with Crippen LogP contribution in [0, 0.1) is 0 Å². The Morgan fingerprint density at radius 1 is 1.45 bits per heavy atom. The van der Waals surface area contributed by atoms with E-state index in [1.807, 2.05) is 6.92 Å². The van der Waals surface area contributed by atoms with Crippen LogP contribution in [0.1, 0.15) is 49.4 Å². The van der Waals surface area contributed by atoms with E-state index in [9.17, 15) is 9.59 Å². The molecule has 110 valence electrons. The molecule has 20 heavy (non-hydrogen) atoms. The van der Waals surface area contributed by atoms with E-state index in [4.69, 9.17) is 9.84 Å². The van der Waals surface area contributed by atoms with Crippen LogP contribution in [-0.2, 0) is 17.7 Å². The Morgan fingerprint density at radius 3 is 2.65 bits per heavy atom. The van der Waals surface area contributed by atoms with Gasteiger partial charge in [0, 0.05) is 23.7 Å². The average Bonchev–Trinajstić information content (AvgIpc) is 2.67. The van der Waals surface area contributed by atoms with Gasteiger partial charge in [0.1, 0.15) is 5.60 Å². The highest BCUT2D eigenvalue weighted by Gasteiger charge is 2.34. The summed E-state index contributed by atoms with van der Waals surface area (Å²) < 4.78 is 5.35. The van der Waals surface area contributed by atoms with Gasteiger partial charge in [-0.1, -0.05) is 0 Å².